The Hall–Kier alpha value is -4.69. The number of anilines is 1. The molecule has 37 heavy (non-hydrogen) atoms. The number of hydrogen-bond donors (Lipinski definition) is 6. The zero-order valence-electron chi connectivity index (χ0n) is 19.5. The van der Waals surface area contributed by atoms with Gasteiger partial charge in [-0.15, -0.1) is 16.4 Å². The van der Waals surface area contributed by atoms with E-state index in [1.807, 2.05) is 0 Å². The molecule has 13 nitrogen and oxygen atoms in total. The minimum absolute atomic E-state index is 0.0600. The van der Waals surface area contributed by atoms with Crippen LogP contribution in [0.15, 0.2) is 52.8 Å². The monoisotopic (exact) mass is 525 g/mol. The number of aliphatic hydroxyl groups is 1. The molecule has 0 saturated heterocycles. The third-order valence-corrected chi connectivity index (χ3v) is 5.99. The van der Waals surface area contributed by atoms with E-state index in [1.165, 1.54) is 12.6 Å². The Bertz CT molecular complexity index is 1480. The number of nitrogens with zero attached hydrogens (tertiary/aromatic N) is 3. The molecule has 0 bridgehead atoms. The van der Waals surface area contributed by atoms with Gasteiger partial charge in [0.25, 0.3) is 0 Å². The van der Waals surface area contributed by atoms with Gasteiger partial charge in [0.2, 0.25) is 0 Å². The molecule has 0 saturated carbocycles. The van der Waals surface area contributed by atoms with Crippen molar-refractivity contribution in [2.24, 2.45) is 5.73 Å². The molecule has 0 spiro atoms. The lowest BCUT2D eigenvalue weighted by Gasteiger charge is -2.20. The Morgan fingerprint density at radius 1 is 1.27 bits per heavy atom. The fourth-order valence-electron chi connectivity index (χ4n) is 3.50. The Morgan fingerprint density at radius 2 is 2.00 bits per heavy atom. The number of aromatic carboxylic acids is 1. The fourth-order valence-corrected chi connectivity index (χ4v) is 4.10. The number of hydrogen-bond acceptors (Lipinski definition) is 10. The summed E-state index contributed by atoms with van der Waals surface area (Å²) in [5.74, 6) is -0.386. The molecule has 0 aliphatic carbocycles. The molecule has 1 atom stereocenters. The first kappa shape index (κ1) is 25.4. The van der Waals surface area contributed by atoms with Crippen LogP contribution in [0.25, 0.3) is 5.82 Å². The normalized spacial score (nSPS) is 11.6. The van der Waals surface area contributed by atoms with Gasteiger partial charge in [-0.05, 0) is 42.0 Å². The molecule has 0 amide bonds. The van der Waals surface area contributed by atoms with Gasteiger partial charge in [-0.1, -0.05) is 0 Å². The van der Waals surface area contributed by atoms with Gasteiger partial charge in [-0.2, -0.15) is 4.68 Å². The molecule has 0 radical (unpaired) electrons. The van der Waals surface area contributed by atoms with E-state index in [2.05, 4.69) is 20.4 Å². The molecular weight excluding hydrogens is 502 g/mol. The third kappa shape index (κ3) is 5.60. The molecule has 1 unspecified atom stereocenters. The number of thiazole rings is 1. The van der Waals surface area contributed by atoms with E-state index >= 15 is 0 Å². The standard InChI is InChI=1S/C23H23N7O6S/c1-35-15-8-13(9-16(10-15)36-7-6-31)17(27-14-4-2-12(3-5-14)19(24)25)20-28-23(34)30(29-20)21-18(22(32)33)37-11-26-21/h2-5,8-11,17,27,31H,6-7H2,1H3,(H3,24,25)(H,32,33)(H,28,29,34). The average Bonchev–Trinajstić information content (AvgIpc) is 3.52. The summed E-state index contributed by atoms with van der Waals surface area (Å²) in [6, 6.07) is 11.1. The maximum absolute atomic E-state index is 12.8. The molecule has 4 rings (SSSR count). The summed E-state index contributed by atoms with van der Waals surface area (Å²) in [7, 11) is 1.49. The van der Waals surface area contributed by atoms with Crippen LogP contribution in [0.5, 0.6) is 11.5 Å². The summed E-state index contributed by atoms with van der Waals surface area (Å²) in [5.41, 5.74) is 7.93. The quantitative estimate of drug-likeness (QED) is 0.123. The second-order valence-electron chi connectivity index (χ2n) is 7.62. The van der Waals surface area contributed by atoms with Gasteiger partial charge in [0, 0.05) is 17.3 Å². The van der Waals surface area contributed by atoms with Crippen LogP contribution in [0.4, 0.5) is 5.69 Å². The van der Waals surface area contributed by atoms with Gasteiger partial charge in [-0.25, -0.2) is 14.6 Å². The van der Waals surface area contributed by atoms with Crippen LogP contribution in [-0.4, -0.2) is 62.1 Å². The zero-order valence-corrected chi connectivity index (χ0v) is 20.3. The average molecular weight is 526 g/mol. The number of nitrogen functional groups attached to an aromatic ring is 1. The van der Waals surface area contributed by atoms with E-state index in [4.69, 9.17) is 25.7 Å². The number of aromatic amines is 1. The Kier molecular flexibility index (Phi) is 7.50. The predicted octanol–water partition coefficient (Wildman–Crippen LogP) is 1.58. The molecule has 192 valence electrons. The number of rotatable bonds is 11. The molecule has 0 aliphatic rings. The summed E-state index contributed by atoms with van der Waals surface area (Å²) in [5, 5.41) is 33.8. The second kappa shape index (κ2) is 10.9. The van der Waals surface area contributed by atoms with Crippen molar-refractivity contribution in [2.45, 2.75) is 6.04 Å². The summed E-state index contributed by atoms with van der Waals surface area (Å²) in [6.07, 6.45) is 0. The van der Waals surface area contributed by atoms with Crippen molar-refractivity contribution in [3.63, 3.8) is 0 Å². The molecule has 2 heterocycles. The Labute approximate surface area is 213 Å². The lowest BCUT2D eigenvalue weighted by Crippen LogP contribution is -2.18. The number of nitrogens with one attached hydrogen (secondary N) is 3. The number of carboxylic acid groups (broad SMARTS) is 1. The van der Waals surface area contributed by atoms with Crippen LogP contribution in [0.3, 0.4) is 0 Å². The van der Waals surface area contributed by atoms with Crippen LogP contribution >= 0.6 is 11.3 Å². The number of carboxylic acids is 1. The first-order valence-corrected chi connectivity index (χ1v) is 11.7. The number of ether oxygens (including phenoxy) is 2. The SMILES string of the molecule is COc1cc(OCCO)cc(C(Nc2ccc(C(=N)N)cc2)c2nn(-c3ncsc3C(=O)O)c(=O)[nH]2)c1. The number of amidine groups is 1. The molecule has 0 fully saturated rings. The first-order valence-electron chi connectivity index (χ1n) is 10.8. The Morgan fingerprint density at radius 3 is 2.65 bits per heavy atom. The number of carbonyl (C=O) groups is 1. The van der Waals surface area contributed by atoms with E-state index in [-0.39, 0.29) is 35.6 Å². The fraction of sp³-hybridized carbons (Fsp3) is 0.174. The van der Waals surface area contributed by atoms with Crippen LogP contribution in [-0.2, 0) is 0 Å². The maximum atomic E-state index is 12.8. The number of methoxy groups -OCH3 is 1. The van der Waals surface area contributed by atoms with E-state index in [0.29, 0.717) is 28.3 Å². The van der Waals surface area contributed by atoms with Gasteiger partial charge in [0.15, 0.2) is 16.5 Å². The van der Waals surface area contributed by atoms with Crippen LogP contribution in [0, 0.1) is 5.41 Å². The van der Waals surface area contributed by atoms with Crippen LogP contribution < -0.4 is 26.2 Å². The molecule has 0 aliphatic heterocycles. The van der Waals surface area contributed by atoms with E-state index in [0.717, 1.165) is 16.0 Å². The Balaban J connectivity index is 1.81. The van der Waals surface area contributed by atoms with Crippen molar-refractivity contribution >= 4 is 28.8 Å². The number of aromatic nitrogens is 4. The van der Waals surface area contributed by atoms with Gasteiger partial charge in [0.1, 0.15) is 30.0 Å². The van der Waals surface area contributed by atoms with Gasteiger partial charge in [-0.3, -0.25) is 10.4 Å². The van der Waals surface area contributed by atoms with E-state index in [1.54, 1.807) is 42.5 Å². The number of H-pyrrole nitrogens is 1. The minimum atomic E-state index is -1.23. The molecular formula is C23H23N7O6S. The zero-order chi connectivity index (χ0) is 26.5. The second-order valence-corrected chi connectivity index (χ2v) is 8.47. The molecule has 14 heteroatoms. The first-order chi connectivity index (χ1) is 17.8. The van der Waals surface area contributed by atoms with Crippen LogP contribution in [0.2, 0.25) is 0 Å². The highest BCUT2D eigenvalue weighted by Crippen LogP contribution is 2.31. The lowest BCUT2D eigenvalue weighted by molar-refractivity contribution is 0.0701. The number of nitrogens with two attached hydrogens (primary N) is 1. The molecule has 2 aromatic heterocycles. The smallest absolute Gasteiger partial charge is 0.349 e. The highest BCUT2D eigenvalue weighted by atomic mass is 32.1. The molecule has 2 aromatic carbocycles. The molecule has 4 aromatic rings. The summed E-state index contributed by atoms with van der Waals surface area (Å²) in [6.45, 7) is -0.127. The van der Waals surface area contributed by atoms with E-state index < -0.39 is 17.7 Å². The number of benzene rings is 2. The topological polar surface area (TPSA) is 201 Å². The highest BCUT2D eigenvalue weighted by Gasteiger charge is 2.25. The van der Waals surface area contributed by atoms with Crippen LogP contribution in [0.1, 0.15) is 32.7 Å². The summed E-state index contributed by atoms with van der Waals surface area (Å²) < 4.78 is 11.9. The van der Waals surface area contributed by atoms with Crippen molar-refractivity contribution in [1.29, 1.82) is 5.41 Å². The highest BCUT2D eigenvalue weighted by molar-refractivity contribution is 7.12. The largest absolute Gasteiger partial charge is 0.497 e. The molecule has 7 N–H and O–H groups in total. The van der Waals surface area contributed by atoms with Crippen molar-refractivity contribution in [3.05, 3.63) is 80.3 Å². The third-order valence-electron chi connectivity index (χ3n) is 5.19. The van der Waals surface area contributed by atoms with Crippen molar-refractivity contribution in [1.82, 2.24) is 19.7 Å². The number of aliphatic hydroxyl groups excluding tert-OH is 1. The summed E-state index contributed by atoms with van der Waals surface area (Å²) in [4.78, 5) is 30.9. The van der Waals surface area contributed by atoms with Gasteiger partial charge >= 0.3 is 11.7 Å². The van der Waals surface area contributed by atoms with E-state index in [9.17, 15) is 14.7 Å². The predicted molar refractivity (Wildman–Crippen MR) is 135 cm³/mol. The van der Waals surface area contributed by atoms with Gasteiger partial charge in [0.05, 0.1) is 19.2 Å². The summed E-state index contributed by atoms with van der Waals surface area (Å²) >= 11 is 0.875. The van der Waals surface area contributed by atoms with Crippen molar-refractivity contribution < 1.29 is 24.5 Å². The van der Waals surface area contributed by atoms with Gasteiger partial charge < -0.3 is 30.7 Å². The van der Waals surface area contributed by atoms with Crippen molar-refractivity contribution in [2.75, 3.05) is 25.6 Å². The minimum Gasteiger partial charge on any atom is -0.497 e. The van der Waals surface area contributed by atoms with Crippen molar-refractivity contribution in [3.8, 4) is 17.3 Å². The maximum Gasteiger partial charge on any atom is 0.349 e. The lowest BCUT2D eigenvalue weighted by atomic mass is 10.0.